The molecule has 0 aliphatic carbocycles. The molecule has 0 aliphatic rings. The molecule has 1 amide bonds. The van der Waals surface area contributed by atoms with E-state index < -0.39 is 5.38 Å². The Morgan fingerprint density at radius 2 is 2.00 bits per heavy atom. The van der Waals surface area contributed by atoms with Crippen LogP contribution in [0.15, 0.2) is 48.7 Å². The van der Waals surface area contributed by atoms with Gasteiger partial charge in [0.05, 0.1) is 5.56 Å². The fourth-order valence-electron chi connectivity index (χ4n) is 1.50. The molecule has 94 valence electrons. The summed E-state index contributed by atoms with van der Waals surface area (Å²) in [5.74, 6) is 0.00987. The molecule has 0 spiro atoms. The number of hydrogen-bond donors (Lipinski definition) is 1. The Morgan fingerprint density at radius 1 is 1.26 bits per heavy atom. The van der Waals surface area contributed by atoms with Crippen LogP contribution in [0.1, 0.15) is 16.5 Å². The van der Waals surface area contributed by atoms with Crippen LogP contribution >= 0.6 is 11.6 Å². The van der Waals surface area contributed by atoms with Crippen molar-refractivity contribution < 1.29 is 4.79 Å². The lowest BCUT2D eigenvalue weighted by atomic mass is 10.1. The third-order valence-corrected chi connectivity index (χ3v) is 2.92. The van der Waals surface area contributed by atoms with Crippen molar-refractivity contribution in [1.82, 2.24) is 4.98 Å². The van der Waals surface area contributed by atoms with Gasteiger partial charge in [0.25, 0.3) is 0 Å². The summed E-state index contributed by atoms with van der Waals surface area (Å²) >= 11 is 6.07. The highest BCUT2D eigenvalue weighted by atomic mass is 35.5. The summed E-state index contributed by atoms with van der Waals surface area (Å²) in [7, 11) is 0. The van der Waals surface area contributed by atoms with Gasteiger partial charge in [0.1, 0.15) is 17.3 Å². The molecule has 0 saturated heterocycles. The summed E-state index contributed by atoms with van der Waals surface area (Å²) in [5.41, 5.74) is 1.15. The summed E-state index contributed by atoms with van der Waals surface area (Å²) in [5, 5.41) is 10.5. The number of halogens is 1. The fourth-order valence-corrected chi connectivity index (χ4v) is 1.70. The van der Waals surface area contributed by atoms with E-state index in [4.69, 9.17) is 16.9 Å². The van der Waals surface area contributed by atoms with Crippen molar-refractivity contribution in [2.24, 2.45) is 0 Å². The molecule has 1 unspecified atom stereocenters. The molecule has 5 heteroatoms. The highest BCUT2D eigenvalue weighted by Crippen LogP contribution is 2.21. The number of carbonyl (C=O) groups excluding carboxylic acids is 1. The minimum Gasteiger partial charge on any atom is -0.309 e. The molecule has 2 rings (SSSR count). The number of nitriles is 1. The van der Waals surface area contributed by atoms with Crippen LogP contribution in [-0.2, 0) is 4.79 Å². The zero-order valence-corrected chi connectivity index (χ0v) is 10.6. The standard InChI is InChI=1S/C14H10ClN3O/c15-13(11-4-2-1-3-5-11)14(19)18-12-7-6-10(8-16)9-17-12/h1-7,9,13H,(H,17,18,19). The van der Waals surface area contributed by atoms with Gasteiger partial charge in [0, 0.05) is 6.20 Å². The number of nitrogens with one attached hydrogen (secondary N) is 1. The number of nitrogens with zero attached hydrogens (tertiary/aromatic N) is 2. The third kappa shape index (κ3) is 3.30. The van der Waals surface area contributed by atoms with Gasteiger partial charge >= 0.3 is 0 Å². The van der Waals surface area contributed by atoms with Gasteiger partial charge in [0.15, 0.2) is 0 Å². The lowest BCUT2D eigenvalue weighted by Gasteiger charge is -2.10. The molecule has 1 atom stereocenters. The maximum atomic E-state index is 11.9. The third-order valence-electron chi connectivity index (χ3n) is 2.47. The maximum absolute atomic E-state index is 11.9. The average Bonchev–Trinajstić information content (AvgIpc) is 2.48. The van der Waals surface area contributed by atoms with Gasteiger partial charge in [-0.05, 0) is 17.7 Å². The topological polar surface area (TPSA) is 65.8 Å². The molecular weight excluding hydrogens is 262 g/mol. The molecule has 19 heavy (non-hydrogen) atoms. The van der Waals surface area contributed by atoms with Gasteiger partial charge < -0.3 is 5.32 Å². The first kappa shape index (κ1) is 13.1. The van der Waals surface area contributed by atoms with Crippen molar-refractivity contribution in [3.05, 3.63) is 59.8 Å². The summed E-state index contributed by atoms with van der Waals surface area (Å²) in [6.45, 7) is 0. The molecule has 1 aromatic carbocycles. The van der Waals surface area contributed by atoms with Crippen LogP contribution in [0.25, 0.3) is 0 Å². The summed E-state index contributed by atoms with van der Waals surface area (Å²) in [6, 6.07) is 14.1. The number of alkyl halides is 1. The number of aromatic nitrogens is 1. The smallest absolute Gasteiger partial charge is 0.248 e. The van der Waals surface area contributed by atoms with Crippen LogP contribution in [0.3, 0.4) is 0 Å². The van der Waals surface area contributed by atoms with E-state index >= 15 is 0 Å². The summed E-state index contributed by atoms with van der Waals surface area (Å²) < 4.78 is 0. The molecule has 1 N–H and O–H groups in total. The maximum Gasteiger partial charge on any atom is 0.248 e. The van der Waals surface area contributed by atoms with E-state index in [9.17, 15) is 4.79 Å². The molecule has 1 aromatic heterocycles. The number of anilines is 1. The second kappa shape index (κ2) is 5.98. The minimum atomic E-state index is -0.779. The van der Waals surface area contributed by atoms with Crippen molar-refractivity contribution in [3.63, 3.8) is 0 Å². The van der Waals surface area contributed by atoms with Crippen LogP contribution in [0.4, 0.5) is 5.82 Å². The van der Waals surface area contributed by atoms with Crippen LogP contribution in [0.5, 0.6) is 0 Å². The first-order chi connectivity index (χ1) is 9.20. The first-order valence-corrected chi connectivity index (χ1v) is 6.00. The van der Waals surface area contributed by atoms with Crippen LogP contribution in [0.2, 0.25) is 0 Å². The van der Waals surface area contributed by atoms with E-state index in [0.717, 1.165) is 5.56 Å². The predicted octanol–water partition coefficient (Wildman–Crippen LogP) is 2.87. The van der Waals surface area contributed by atoms with Crippen LogP contribution in [-0.4, -0.2) is 10.9 Å². The first-order valence-electron chi connectivity index (χ1n) is 5.57. The monoisotopic (exact) mass is 271 g/mol. The van der Waals surface area contributed by atoms with E-state index in [1.807, 2.05) is 24.3 Å². The quantitative estimate of drug-likeness (QED) is 0.873. The van der Waals surface area contributed by atoms with E-state index in [1.165, 1.54) is 6.20 Å². The van der Waals surface area contributed by atoms with Gasteiger partial charge in [-0.1, -0.05) is 30.3 Å². The molecule has 0 saturated carbocycles. The Kier molecular flexibility index (Phi) is 4.11. The molecular formula is C14H10ClN3O. The minimum absolute atomic E-state index is 0.356. The number of benzene rings is 1. The lowest BCUT2D eigenvalue weighted by Crippen LogP contribution is -2.17. The molecule has 0 radical (unpaired) electrons. The van der Waals surface area contributed by atoms with Crippen molar-refractivity contribution >= 4 is 23.3 Å². The number of hydrogen-bond acceptors (Lipinski definition) is 3. The Hall–Kier alpha value is -2.38. The Bertz CT molecular complexity index is 605. The molecule has 0 aliphatic heterocycles. The normalized spacial score (nSPS) is 11.4. The number of amides is 1. The zero-order chi connectivity index (χ0) is 13.7. The van der Waals surface area contributed by atoms with Gasteiger partial charge in [-0.3, -0.25) is 4.79 Å². The molecule has 4 nitrogen and oxygen atoms in total. The largest absolute Gasteiger partial charge is 0.309 e. The van der Waals surface area contributed by atoms with Gasteiger partial charge in [-0.25, -0.2) is 4.98 Å². The van der Waals surface area contributed by atoms with Gasteiger partial charge in [-0.15, -0.1) is 11.6 Å². The second-order valence-electron chi connectivity index (χ2n) is 3.81. The Balaban J connectivity index is 2.06. The van der Waals surface area contributed by atoms with E-state index in [-0.39, 0.29) is 5.91 Å². The van der Waals surface area contributed by atoms with E-state index in [2.05, 4.69) is 10.3 Å². The number of pyridine rings is 1. The van der Waals surface area contributed by atoms with E-state index in [0.29, 0.717) is 11.4 Å². The molecule has 2 aromatic rings. The highest BCUT2D eigenvalue weighted by molar-refractivity contribution is 6.32. The van der Waals surface area contributed by atoms with Crippen molar-refractivity contribution in [2.45, 2.75) is 5.38 Å². The molecule has 0 bridgehead atoms. The van der Waals surface area contributed by atoms with Crippen LogP contribution < -0.4 is 5.32 Å². The number of carbonyl (C=O) groups is 1. The predicted molar refractivity (Wildman–Crippen MR) is 72.6 cm³/mol. The molecule has 1 heterocycles. The van der Waals surface area contributed by atoms with Crippen molar-refractivity contribution in [3.8, 4) is 6.07 Å². The van der Waals surface area contributed by atoms with Crippen molar-refractivity contribution in [2.75, 3.05) is 5.32 Å². The van der Waals surface area contributed by atoms with Crippen molar-refractivity contribution in [1.29, 1.82) is 5.26 Å². The van der Waals surface area contributed by atoms with Crippen LogP contribution in [0, 0.1) is 11.3 Å². The number of rotatable bonds is 3. The Labute approximate surface area is 115 Å². The highest BCUT2D eigenvalue weighted by Gasteiger charge is 2.17. The van der Waals surface area contributed by atoms with Gasteiger partial charge in [0.2, 0.25) is 5.91 Å². The molecule has 0 fully saturated rings. The second-order valence-corrected chi connectivity index (χ2v) is 4.24. The van der Waals surface area contributed by atoms with Gasteiger partial charge in [-0.2, -0.15) is 5.26 Å². The fraction of sp³-hybridized carbons (Fsp3) is 0.0714. The van der Waals surface area contributed by atoms with E-state index in [1.54, 1.807) is 24.3 Å². The lowest BCUT2D eigenvalue weighted by molar-refractivity contribution is -0.116. The summed E-state index contributed by atoms with van der Waals surface area (Å²) in [6.07, 6.45) is 1.39. The zero-order valence-electron chi connectivity index (χ0n) is 9.88. The Morgan fingerprint density at radius 3 is 2.58 bits per heavy atom. The summed E-state index contributed by atoms with van der Waals surface area (Å²) in [4.78, 5) is 15.9. The average molecular weight is 272 g/mol. The SMILES string of the molecule is N#Cc1ccc(NC(=O)C(Cl)c2ccccc2)nc1.